The first-order valence-corrected chi connectivity index (χ1v) is 4.55. The van der Waals surface area contributed by atoms with E-state index in [0.717, 1.165) is 6.07 Å². The van der Waals surface area contributed by atoms with E-state index in [1.54, 1.807) is 6.07 Å². The lowest BCUT2D eigenvalue weighted by atomic mass is 10.1. The molecule has 0 bridgehead atoms. The maximum Gasteiger partial charge on any atom is 0.573 e. The number of alkyl halides is 4. The molecule has 0 aliphatic rings. The van der Waals surface area contributed by atoms with E-state index in [-0.39, 0.29) is 17.0 Å². The van der Waals surface area contributed by atoms with Crippen LogP contribution in [0.4, 0.5) is 17.6 Å². The monoisotopic (exact) mass is 248 g/mol. The highest BCUT2D eigenvalue weighted by atomic mass is 19.4. The molecule has 1 heterocycles. The highest BCUT2D eigenvalue weighted by molar-refractivity contribution is 5.40. The van der Waals surface area contributed by atoms with Crippen molar-refractivity contribution in [1.29, 1.82) is 5.26 Å². The van der Waals surface area contributed by atoms with Crippen molar-refractivity contribution in [2.24, 2.45) is 0 Å². The molecule has 7 heteroatoms. The molecule has 17 heavy (non-hydrogen) atoms. The molecule has 0 aromatic carbocycles. The second kappa shape index (κ2) is 4.99. The summed E-state index contributed by atoms with van der Waals surface area (Å²) in [5, 5.41) is 8.49. The van der Waals surface area contributed by atoms with E-state index in [0.29, 0.717) is 0 Å². The number of halogens is 4. The molecule has 0 fully saturated rings. The Morgan fingerprint density at radius 1 is 1.47 bits per heavy atom. The van der Waals surface area contributed by atoms with Crippen molar-refractivity contribution < 1.29 is 22.3 Å². The first-order valence-electron chi connectivity index (χ1n) is 4.55. The van der Waals surface area contributed by atoms with Crippen LogP contribution in [-0.2, 0) is 13.1 Å². The van der Waals surface area contributed by atoms with Crippen LogP contribution in [0.5, 0.6) is 5.75 Å². The zero-order valence-electron chi connectivity index (χ0n) is 8.81. The van der Waals surface area contributed by atoms with Crippen LogP contribution in [0.3, 0.4) is 0 Å². The molecule has 3 nitrogen and oxygen atoms in total. The van der Waals surface area contributed by atoms with E-state index in [2.05, 4.69) is 9.72 Å². The SMILES string of the molecule is Cc1cc(OC(F)(F)F)c(CC#N)c(CF)n1. The van der Waals surface area contributed by atoms with E-state index < -0.39 is 25.2 Å². The van der Waals surface area contributed by atoms with Crippen molar-refractivity contribution in [1.82, 2.24) is 4.98 Å². The Labute approximate surface area is 94.6 Å². The first kappa shape index (κ1) is 13.2. The summed E-state index contributed by atoms with van der Waals surface area (Å²) in [6.07, 6.45) is -5.27. The predicted molar refractivity (Wildman–Crippen MR) is 49.8 cm³/mol. The maximum absolute atomic E-state index is 12.6. The quantitative estimate of drug-likeness (QED) is 0.772. The van der Waals surface area contributed by atoms with Gasteiger partial charge in [0.1, 0.15) is 12.4 Å². The summed E-state index contributed by atoms with van der Waals surface area (Å²) in [6, 6.07) is 2.68. The van der Waals surface area contributed by atoms with Crippen LogP contribution in [0.25, 0.3) is 0 Å². The number of ether oxygens (including phenoxy) is 1. The molecule has 92 valence electrons. The summed E-state index contributed by atoms with van der Waals surface area (Å²) in [5.74, 6) is -0.570. The molecular weight excluding hydrogens is 240 g/mol. The third-order valence-corrected chi connectivity index (χ3v) is 1.91. The minimum atomic E-state index is -4.88. The number of hydrogen-bond donors (Lipinski definition) is 0. The third-order valence-electron chi connectivity index (χ3n) is 1.91. The van der Waals surface area contributed by atoms with E-state index >= 15 is 0 Å². The number of aryl methyl sites for hydroxylation is 1. The fourth-order valence-corrected chi connectivity index (χ4v) is 1.33. The number of hydrogen-bond acceptors (Lipinski definition) is 3. The normalized spacial score (nSPS) is 11.1. The number of pyridine rings is 1. The van der Waals surface area contributed by atoms with Crippen LogP contribution >= 0.6 is 0 Å². The van der Waals surface area contributed by atoms with Gasteiger partial charge in [0, 0.05) is 17.3 Å². The van der Waals surface area contributed by atoms with Gasteiger partial charge in [-0.2, -0.15) is 5.26 Å². The lowest BCUT2D eigenvalue weighted by molar-refractivity contribution is -0.274. The van der Waals surface area contributed by atoms with Gasteiger partial charge in [-0.1, -0.05) is 0 Å². The average molecular weight is 248 g/mol. The molecule has 0 unspecified atom stereocenters. The van der Waals surface area contributed by atoms with Gasteiger partial charge in [-0.3, -0.25) is 4.98 Å². The molecule has 0 aliphatic heterocycles. The minimum Gasteiger partial charge on any atom is -0.405 e. The summed E-state index contributed by atoms with van der Waals surface area (Å²) >= 11 is 0. The van der Waals surface area contributed by atoms with Crippen molar-refractivity contribution >= 4 is 0 Å². The van der Waals surface area contributed by atoms with Crippen molar-refractivity contribution in [2.75, 3.05) is 0 Å². The fourth-order valence-electron chi connectivity index (χ4n) is 1.33. The summed E-state index contributed by atoms with van der Waals surface area (Å²) in [7, 11) is 0. The molecule has 0 saturated heterocycles. The molecule has 0 amide bonds. The van der Waals surface area contributed by atoms with E-state index in [1.807, 2.05) is 0 Å². The molecule has 0 aliphatic carbocycles. The Morgan fingerprint density at radius 2 is 2.12 bits per heavy atom. The van der Waals surface area contributed by atoms with Gasteiger partial charge in [0.05, 0.1) is 18.2 Å². The smallest absolute Gasteiger partial charge is 0.405 e. The Bertz CT molecular complexity index is 451. The Kier molecular flexibility index (Phi) is 3.89. The first-order chi connectivity index (χ1) is 7.87. The summed E-state index contributed by atoms with van der Waals surface area (Å²) < 4.78 is 52.7. The van der Waals surface area contributed by atoms with Gasteiger partial charge in [0.25, 0.3) is 0 Å². The van der Waals surface area contributed by atoms with Gasteiger partial charge in [0.15, 0.2) is 0 Å². The largest absolute Gasteiger partial charge is 0.573 e. The molecule has 0 spiro atoms. The third kappa shape index (κ3) is 3.59. The molecule has 0 saturated carbocycles. The predicted octanol–water partition coefficient (Wildman–Crippen LogP) is 2.82. The van der Waals surface area contributed by atoms with Crippen molar-refractivity contribution in [3.05, 3.63) is 23.0 Å². The lowest BCUT2D eigenvalue weighted by Crippen LogP contribution is -2.19. The number of rotatable bonds is 3. The van der Waals surface area contributed by atoms with Gasteiger partial charge in [-0.25, -0.2) is 4.39 Å². The van der Waals surface area contributed by atoms with Gasteiger partial charge in [-0.05, 0) is 6.92 Å². The second-order valence-electron chi connectivity index (χ2n) is 3.20. The molecule has 1 aromatic rings. The lowest BCUT2D eigenvalue weighted by Gasteiger charge is -2.14. The zero-order chi connectivity index (χ0) is 13.1. The van der Waals surface area contributed by atoms with Crippen molar-refractivity contribution in [2.45, 2.75) is 26.4 Å². The highest BCUT2D eigenvalue weighted by Gasteiger charge is 2.32. The number of nitriles is 1. The van der Waals surface area contributed by atoms with E-state index in [4.69, 9.17) is 5.26 Å². The molecule has 0 N–H and O–H groups in total. The minimum absolute atomic E-state index is 0.169. The summed E-state index contributed by atoms with van der Waals surface area (Å²) in [4.78, 5) is 3.73. The van der Waals surface area contributed by atoms with Crippen LogP contribution in [0.15, 0.2) is 6.07 Å². The van der Waals surface area contributed by atoms with E-state index in [1.165, 1.54) is 6.92 Å². The van der Waals surface area contributed by atoms with Gasteiger partial charge >= 0.3 is 6.36 Å². The van der Waals surface area contributed by atoms with Crippen LogP contribution in [0, 0.1) is 18.3 Å². The number of aromatic nitrogens is 1. The molecule has 0 atom stereocenters. The van der Waals surface area contributed by atoms with Crippen LogP contribution < -0.4 is 4.74 Å². The summed E-state index contributed by atoms with van der Waals surface area (Å²) in [5.41, 5.74) is -0.178. The molecule has 1 aromatic heterocycles. The standard InChI is InChI=1S/C10H8F4N2O/c1-6-4-9(17-10(12,13)14)7(2-3-15)8(5-11)16-6/h4H,2,5H2,1H3. The van der Waals surface area contributed by atoms with Crippen LogP contribution in [0.2, 0.25) is 0 Å². The van der Waals surface area contributed by atoms with E-state index in [9.17, 15) is 17.6 Å². The maximum atomic E-state index is 12.6. The number of nitrogens with zero attached hydrogens (tertiary/aromatic N) is 2. The second-order valence-corrected chi connectivity index (χ2v) is 3.20. The van der Waals surface area contributed by atoms with Crippen LogP contribution in [0.1, 0.15) is 17.0 Å². The Morgan fingerprint density at radius 3 is 2.59 bits per heavy atom. The summed E-state index contributed by atoms with van der Waals surface area (Å²) in [6.45, 7) is 0.367. The Hall–Kier alpha value is -1.84. The van der Waals surface area contributed by atoms with Gasteiger partial charge < -0.3 is 4.74 Å². The zero-order valence-corrected chi connectivity index (χ0v) is 8.81. The highest BCUT2D eigenvalue weighted by Crippen LogP contribution is 2.29. The average Bonchev–Trinajstić information content (AvgIpc) is 2.19. The Balaban J connectivity index is 3.26. The molecule has 1 rings (SSSR count). The van der Waals surface area contributed by atoms with Gasteiger partial charge in [0.2, 0.25) is 0 Å². The van der Waals surface area contributed by atoms with Crippen molar-refractivity contribution in [3.8, 4) is 11.8 Å². The van der Waals surface area contributed by atoms with Crippen LogP contribution in [-0.4, -0.2) is 11.3 Å². The molecule has 0 radical (unpaired) electrons. The topological polar surface area (TPSA) is 45.9 Å². The fraction of sp³-hybridized carbons (Fsp3) is 0.400. The van der Waals surface area contributed by atoms with Crippen molar-refractivity contribution in [3.63, 3.8) is 0 Å². The molecular formula is C10H8F4N2O. The van der Waals surface area contributed by atoms with Gasteiger partial charge in [-0.15, -0.1) is 13.2 Å².